The van der Waals surface area contributed by atoms with E-state index in [0.29, 0.717) is 30.8 Å². The molecule has 0 saturated carbocycles. The zero-order chi connectivity index (χ0) is 20.3. The molecule has 5 nitrogen and oxygen atoms in total. The first-order valence-electron chi connectivity index (χ1n) is 9.41. The Morgan fingerprint density at radius 3 is 2.29 bits per heavy atom. The zero-order valence-corrected chi connectivity index (χ0v) is 18.5. The van der Waals surface area contributed by atoms with Crippen LogP contribution in [0.25, 0.3) is 0 Å². The Labute approximate surface area is 179 Å². The van der Waals surface area contributed by atoms with Crippen LogP contribution in [0.1, 0.15) is 45.7 Å². The van der Waals surface area contributed by atoms with Crippen LogP contribution in [0.5, 0.6) is 0 Å². The summed E-state index contributed by atoms with van der Waals surface area (Å²) in [7, 11) is 0. The average molecular weight is 492 g/mol. The standard InChI is InChI=1S/C22H25IN2O3/c1-14-4-7-19(10-20(14)23)21(26)24-11-17-5-8-18(9-6-17)22(27)25-12-15(2)28-16(3)13-25/h4-10,15-16H,11-13H2,1-3H3,(H,24,26). The predicted octanol–water partition coefficient (Wildman–Crippen LogP) is 3.78. The van der Waals surface area contributed by atoms with Crippen LogP contribution in [0, 0.1) is 10.5 Å². The smallest absolute Gasteiger partial charge is 0.254 e. The molecule has 1 aliphatic rings. The van der Waals surface area contributed by atoms with Crippen molar-refractivity contribution in [2.24, 2.45) is 0 Å². The van der Waals surface area contributed by atoms with Crippen LogP contribution < -0.4 is 5.32 Å². The minimum atomic E-state index is -0.102. The molecular formula is C22H25IN2O3. The van der Waals surface area contributed by atoms with Gasteiger partial charge in [-0.2, -0.15) is 0 Å². The Bertz CT molecular complexity index is 857. The number of amides is 2. The fourth-order valence-electron chi connectivity index (χ4n) is 3.31. The molecule has 0 radical (unpaired) electrons. The molecule has 1 fully saturated rings. The van der Waals surface area contributed by atoms with Gasteiger partial charge in [-0.25, -0.2) is 0 Å². The maximum Gasteiger partial charge on any atom is 0.254 e. The van der Waals surface area contributed by atoms with Gasteiger partial charge < -0.3 is 15.0 Å². The van der Waals surface area contributed by atoms with Gasteiger partial charge in [0.25, 0.3) is 11.8 Å². The van der Waals surface area contributed by atoms with Crippen LogP contribution in [-0.4, -0.2) is 42.0 Å². The Kier molecular flexibility index (Phi) is 6.72. The van der Waals surface area contributed by atoms with Crippen molar-refractivity contribution in [3.05, 3.63) is 68.3 Å². The molecule has 0 bridgehead atoms. The normalized spacial score (nSPS) is 19.4. The molecule has 1 N–H and O–H groups in total. The Balaban J connectivity index is 1.59. The summed E-state index contributed by atoms with van der Waals surface area (Å²) < 4.78 is 6.76. The van der Waals surface area contributed by atoms with Gasteiger partial charge in [-0.05, 0) is 78.8 Å². The quantitative estimate of drug-likeness (QED) is 0.662. The number of rotatable bonds is 4. The lowest BCUT2D eigenvalue weighted by molar-refractivity contribution is -0.0586. The number of ether oxygens (including phenoxy) is 1. The lowest BCUT2D eigenvalue weighted by Crippen LogP contribution is -2.48. The molecule has 2 aromatic rings. The fraction of sp³-hybridized carbons (Fsp3) is 0.364. The number of nitrogens with one attached hydrogen (secondary N) is 1. The monoisotopic (exact) mass is 492 g/mol. The van der Waals surface area contributed by atoms with Crippen molar-refractivity contribution in [2.75, 3.05) is 13.1 Å². The molecule has 6 heteroatoms. The Hall–Kier alpha value is -1.93. The van der Waals surface area contributed by atoms with Gasteiger partial charge in [-0.15, -0.1) is 0 Å². The Morgan fingerprint density at radius 2 is 1.68 bits per heavy atom. The topological polar surface area (TPSA) is 58.6 Å². The van der Waals surface area contributed by atoms with Crippen LogP contribution in [0.15, 0.2) is 42.5 Å². The highest BCUT2D eigenvalue weighted by Gasteiger charge is 2.26. The third kappa shape index (κ3) is 5.11. The molecular weight excluding hydrogens is 467 g/mol. The summed E-state index contributed by atoms with van der Waals surface area (Å²) in [5.74, 6) is -0.0822. The second kappa shape index (κ2) is 9.05. The number of halogens is 1. The SMILES string of the molecule is Cc1ccc(C(=O)NCc2ccc(C(=O)N3CC(C)OC(C)C3)cc2)cc1I. The molecule has 1 heterocycles. The maximum absolute atomic E-state index is 12.7. The van der Waals surface area contributed by atoms with Crippen LogP contribution in [0.2, 0.25) is 0 Å². The van der Waals surface area contributed by atoms with Gasteiger partial charge in [0.05, 0.1) is 12.2 Å². The molecule has 3 rings (SSSR count). The van der Waals surface area contributed by atoms with E-state index in [9.17, 15) is 9.59 Å². The molecule has 2 atom stereocenters. The summed E-state index contributed by atoms with van der Waals surface area (Å²) in [6, 6.07) is 13.1. The second-order valence-electron chi connectivity index (χ2n) is 7.31. The largest absolute Gasteiger partial charge is 0.372 e. The van der Waals surface area contributed by atoms with Crippen LogP contribution in [-0.2, 0) is 11.3 Å². The number of morpholine rings is 1. The van der Waals surface area contributed by atoms with Crippen molar-refractivity contribution in [1.82, 2.24) is 10.2 Å². The van der Waals surface area contributed by atoms with Crippen molar-refractivity contribution in [3.8, 4) is 0 Å². The van der Waals surface area contributed by atoms with Crippen molar-refractivity contribution in [3.63, 3.8) is 0 Å². The van der Waals surface area contributed by atoms with E-state index in [0.717, 1.165) is 14.7 Å². The zero-order valence-electron chi connectivity index (χ0n) is 16.4. The van der Waals surface area contributed by atoms with Gasteiger partial charge >= 0.3 is 0 Å². The maximum atomic E-state index is 12.7. The van der Waals surface area contributed by atoms with Crippen LogP contribution >= 0.6 is 22.6 Å². The molecule has 2 amide bonds. The first-order valence-corrected chi connectivity index (χ1v) is 10.5. The van der Waals surface area contributed by atoms with Crippen LogP contribution in [0.4, 0.5) is 0 Å². The number of benzene rings is 2. The van der Waals surface area contributed by atoms with Gasteiger partial charge in [0, 0.05) is 34.3 Å². The third-order valence-electron chi connectivity index (χ3n) is 4.79. The first kappa shape index (κ1) is 20.8. The van der Waals surface area contributed by atoms with Gasteiger partial charge in [-0.3, -0.25) is 9.59 Å². The van der Waals surface area contributed by atoms with E-state index in [1.807, 2.05) is 68.1 Å². The summed E-state index contributed by atoms with van der Waals surface area (Å²) in [5, 5.41) is 2.93. The van der Waals surface area contributed by atoms with E-state index < -0.39 is 0 Å². The number of carbonyl (C=O) groups excluding carboxylic acids is 2. The number of aryl methyl sites for hydroxylation is 1. The average Bonchev–Trinajstić information content (AvgIpc) is 2.67. The lowest BCUT2D eigenvalue weighted by atomic mass is 10.1. The minimum Gasteiger partial charge on any atom is -0.372 e. The first-order chi connectivity index (χ1) is 13.3. The molecule has 28 heavy (non-hydrogen) atoms. The minimum absolute atomic E-state index is 0.0202. The van der Waals surface area contributed by atoms with E-state index in [-0.39, 0.29) is 24.0 Å². The third-order valence-corrected chi connectivity index (χ3v) is 5.96. The molecule has 1 saturated heterocycles. The van der Waals surface area contributed by atoms with Gasteiger partial charge in [0.1, 0.15) is 0 Å². The van der Waals surface area contributed by atoms with E-state index in [1.165, 1.54) is 0 Å². The molecule has 2 unspecified atom stereocenters. The van der Waals surface area contributed by atoms with E-state index in [2.05, 4.69) is 27.9 Å². The molecule has 0 spiro atoms. The van der Waals surface area contributed by atoms with Gasteiger partial charge in [0.15, 0.2) is 0 Å². The fourth-order valence-corrected chi connectivity index (χ4v) is 3.83. The number of nitrogens with zero attached hydrogens (tertiary/aromatic N) is 1. The summed E-state index contributed by atoms with van der Waals surface area (Å²) >= 11 is 2.23. The highest BCUT2D eigenvalue weighted by molar-refractivity contribution is 14.1. The Morgan fingerprint density at radius 1 is 1.07 bits per heavy atom. The second-order valence-corrected chi connectivity index (χ2v) is 8.47. The molecule has 2 aromatic carbocycles. The molecule has 0 aliphatic carbocycles. The number of hydrogen-bond acceptors (Lipinski definition) is 3. The number of hydrogen-bond donors (Lipinski definition) is 1. The van der Waals surface area contributed by atoms with E-state index in [4.69, 9.17) is 4.74 Å². The molecule has 148 valence electrons. The van der Waals surface area contributed by atoms with Gasteiger partial charge in [0.2, 0.25) is 0 Å². The highest BCUT2D eigenvalue weighted by atomic mass is 127. The van der Waals surface area contributed by atoms with E-state index in [1.54, 1.807) is 0 Å². The van der Waals surface area contributed by atoms with E-state index >= 15 is 0 Å². The van der Waals surface area contributed by atoms with Gasteiger partial charge in [-0.1, -0.05) is 18.2 Å². The molecule has 0 aromatic heterocycles. The number of carbonyl (C=O) groups is 2. The van der Waals surface area contributed by atoms with Crippen molar-refractivity contribution >= 4 is 34.4 Å². The highest BCUT2D eigenvalue weighted by Crippen LogP contribution is 2.16. The van der Waals surface area contributed by atoms with Crippen molar-refractivity contribution in [1.29, 1.82) is 0 Å². The molecule has 1 aliphatic heterocycles. The summed E-state index contributed by atoms with van der Waals surface area (Å²) in [6.45, 7) is 7.62. The van der Waals surface area contributed by atoms with Crippen LogP contribution in [0.3, 0.4) is 0 Å². The van der Waals surface area contributed by atoms with Crippen molar-refractivity contribution in [2.45, 2.75) is 39.5 Å². The summed E-state index contributed by atoms with van der Waals surface area (Å²) in [4.78, 5) is 26.9. The van der Waals surface area contributed by atoms with Crippen molar-refractivity contribution < 1.29 is 14.3 Å². The summed E-state index contributed by atoms with van der Waals surface area (Å²) in [5.41, 5.74) is 3.42. The summed E-state index contributed by atoms with van der Waals surface area (Å²) in [6.07, 6.45) is 0.0963. The lowest BCUT2D eigenvalue weighted by Gasteiger charge is -2.35. The predicted molar refractivity (Wildman–Crippen MR) is 117 cm³/mol.